The number of rotatable bonds is 6. The zero-order chi connectivity index (χ0) is 27.4. The molecule has 5 rings (SSSR count). The number of hydrogen-bond acceptors (Lipinski definition) is 6. The van der Waals surface area contributed by atoms with Gasteiger partial charge in [-0.05, 0) is 43.7 Å². The van der Waals surface area contributed by atoms with Gasteiger partial charge in [0.1, 0.15) is 22.3 Å². The maximum absolute atomic E-state index is 13.1. The summed E-state index contributed by atoms with van der Waals surface area (Å²) in [4.78, 5) is 19.0. The van der Waals surface area contributed by atoms with Crippen LogP contribution < -0.4 is 20.5 Å². The molecule has 0 spiro atoms. The van der Waals surface area contributed by atoms with Crippen LogP contribution in [0.4, 0.5) is 20.2 Å². The van der Waals surface area contributed by atoms with Gasteiger partial charge in [-0.1, -0.05) is 30.9 Å². The predicted octanol–water partition coefficient (Wildman–Crippen LogP) is 6.02. The maximum Gasteiger partial charge on any atom is 0.270 e. The Morgan fingerprint density at radius 3 is 2.55 bits per heavy atom. The Balaban J connectivity index is 0.000000194. The van der Waals surface area contributed by atoms with Crippen molar-refractivity contribution in [2.45, 2.75) is 51.0 Å². The number of aryl methyl sites for hydroxylation is 1. The lowest BCUT2D eigenvalue weighted by atomic mass is 9.93. The largest absolute Gasteiger partial charge is 0.493 e. The molecule has 1 N–H and O–H groups in total. The van der Waals surface area contributed by atoms with E-state index in [9.17, 15) is 18.8 Å². The van der Waals surface area contributed by atoms with Gasteiger partial charge in [0.2, 0.25) is 5.82 Å². The summed E-state index contributed by atoms with van der Waals surface area (Å²) in [5, 5.41) is 13.0. The summed E-state index contributed by atoms with van der Waals surface area (Å²) in [6, 6.07) is 8.48. The molecule has 2 aromatic heterocycles. The van der Waals surface area contributed by atoms with Gasteiger partial charge in [0.15, 0.2) is 11.6 Å². The topological polar surface area (TPSA) is 83.2 Å². The molecule has 3 aromatic rings. The van der Waals surface area contributed by atoms with Gasteiger partial charge in [-0.25, -0.2) is 9.37 Å². The van der Waals surface area contributed by atoms with E-state index in [-0.39, 0.29) is 16.9 Å². The summed E-state index contributed by atoms with van der Waals surface area (Å²) in [5.74, 6) is -1.19. The zero-order valence-electron chi connectivity index (χ0n) is 21.9. The van der Waals surface area contributed by atoms with E-state index in [0.29, 0.717) is 39.5 Å². The molecule has 7 nitrogen and oxygen atoms in total. The molecule has 0 bridgehead atoms. The summed E-state index contributed by atoms with van der Waals surface area (Å²) < 4.78 is 32.3. The molecule has 1 aromatic carbocycles. The van der Waals surface area contributed by atoms with Crippen molar-refractivity contribution in [3.05, 3.63) is 57.0 Å². The third-order valence-corrected chi connectivity index (χ3v) is 7.48. The van der Waals surface area contributed by atoms with Gasteiger partial charge < -0.3 is 19.5 Å². The van der Waals surface area contributed by atoms with Crippen LogP contribution in [-0.4, -0.2) is 36.3 Å². The molecular formula is C28H32ClF2N5O2. The van der Waals surface area contributed by atoms with E-state index < -0.39 is 11.6 Å². The standard InChI is InChI=1S/C17H19ClN4O.C11H13F2NO/c1-21(11-6-4-3-5-7-11)16-12(10-19)17(23)22(2)13-8-9-14(18)20-15(13)16;1-15-10-5-8(4-9(12)11(10)13)14-6-7-2-3-7/h8-9,11H,3-7H2,1-2H3;4-5,7,14H,2-3,6H2,1H3. The number of aromatic nitrogens is 2. The van der Waals surface area contributed by atoms with Gasteiger partial charge in [0, 0.05) is 44.5 Å². The van der Waals surface area contributed by atoms with Gasteiger partial charge in [-0.3, -0.25) is 4.79 Å². The summed E-state index contributed by atoms with van der Waals surface area (Å²) in [5.41, 5.74) is 2.34. The Morgan fingerprint density at radius 2 is 1.92 bits per heavy atom. The normalized spacial score (nSPS) is 15.4. The fourth-order valence-corrected chi connectivity index (χ4v) is 5.01. The van der Waals surface area contributed by atoms with Gasteiger partial charge >= 0.3 is 0 Å². The number of fused-ring (bicyclic) bond motifs is 1. The fourth-order valence-electron chi connectivity index (χ4n) is 4.86. The molecule has 0 atom stereocenters. The van der Waals surface area contributed by atoms with Gasteiger partial charge in [-0.15, -0.1) is 0 Å². The lowest BCUT2D eigenvalue weighted by Gasteiger charge is -2.33. The molecule has 2 saturated carbocycles. The molecule has 2 aliphatic rings. The molecule has 0 saturated heterocycles. The van der Waals surface area contributed by atoms with Crippen molar-refractivity contribution >= 4 is 34.0 Å². The Labute approximate surface area is 226 Å². The van der Waals surface area contributed by atoms with Crippen LogP contribution in [0.1, 0.15) is 50.5 Å². The predicted molar refractivity (Wildman–Crippen MR) is 146 cm³/mol. The van der Waals surface area contributed by atoms with Crippen LogP contribution >= 0.6 is 11.6 Å². The van der Waals surface area contributed by atoms with Crippen LogP contribution in [-0.2, 0) is 7.05 Å². The van der Waals surface area contributed by atoms with Crippen LogP contribution in [0.25, 0.3) is 11.0 Å². The van der Waals surface area contributed by atoms with Crippen LogP contribution in [0.15, 0.2) is 29.1 Å². The third kappa shape index (κ3) is 6.02. The molecule has 2 aliphatic carbocycles. The average molecular weight is 544 g/mol. The first-order chi connectivity index (χ1) is 18.2. The quantitative estimate of drug-likeness (QED) is 0.383. The maximum atomic E-state index is 13.1. The third-order valence-electron chi connectivity index (χ3n) is 7.27. The number of benzene rings is 1. The molecular weight excluding hydrogens is 512 g/mol. The number of hydrogen-bond donors (Lipinski definition) is 1. The molecule has 10 heteroatoms. The lowest BCUT2D eigenvalue weighted by Crippen LogP contribution is -2.36. The molecule has 0 unspecified atom stereocenters. The number of nitrogens with zero attached hydrogens (tertiary/aromatic N) is 4. The summed E-state index contributed by atoms with van der Waals surface area (Å²) >= 11 is 6.07. The second-order valence-corrected chi connectivity index (χ2v) is 10.3. The number of ether oxygens (including phenoxy) is 1. The van der Waals surface area contributed by atoms with E-state index in [2.05, 4.69) is 21.3 Å². The molecule has 2 heterocycles. The van der Waals surface area contributed by atoms with E-state index >= 15 is 0 Å². The van der Waals surface area contributed by atoms with Crippen molar-refractivity contribution in [1.29, 1.82) is 5.26 Å². The van der Waals surface area contributed by atoms with Crippen molar-refractivity contribution in [1.82, 2.24) is 9.55 Å². The van der Waals surface area contributed by atoms with Crippen molar-refractivity contribution in [2.24, 2.45) is 13.0 Å². The smallest absolute Gasteiger partial charge is 0.270 e. The average Bonchev–Trinajstić information content (AvgIpc) is 3.76. The molecule has 0 aliphatic heterocycles. The first kappa shape index (κ1) is 27.6. The number of methoxy groups -OCH3 is 1. The minimum Gasteiger partial charge on any atom is -0.493 e. The van der Waals surface area contributed by atoms with Gasteiger partial charge in [-0.2, -0.15) is 9.65 Å². The minimum absolute atomic E-state index is 0.0618. The number of nitrogens with one attached hydrogen (secondary N) is 1. The van der Waals surface area contributed by atoms with E-state index in [1.165, 1.54) is 49.8 Å². The van der Waals surface area contributed by atoms with Gasteiger partial charge in [0.05, 0.1) is 18.3 Å². The first-order valence-corrected chi connectivity index (χ1v) is 13.2. The van der Waals surface area contributed by atoms with Gasteiger partial charge in [0.25, 0.3) is 5.56 Å². The summed E-state index contributed by atoms with van der Waals surface area (Å²) in [6.45, 7) is 0.814. The van der Waals surface area contributed by atoms with E-state index in [0.717, 1.165) is 25.5 Å². The highest BCUT2D eigenvalue weighted by atomic mass is 35.5. The minimum atomic E-state index is -0.936. The first-order valence-electron chi connectivity index (χ1n) is 12.8. The number of pyridine rings is 2. The van der Waals surface area contributed by atoms with Crippen molar-refractivity contribution < 1.29 is 13.5 Å². The molecule has 2 fully saturated rings. The van der Waals surface area contributed by atoms with E-state index in [1.54, 1.807) is 19.2 Å². The van der Waals surface area contributed by atoms with E-state index in [4.69, 9.17) is 16.3 Å². The second kappa shape index (κ2) is 12.0. The van der Waals surface area contributed by atoms with Crippen molar-refractivity contribution in [3.63, 3.8) is 0 Å². The Bertz CT molecular complexity index is 1410. The Hall–Kier alpha value is -3.38. The molecule has 202 valence electrons. The van der Waals surface area contributed by atoms with Crippen LogP contribution in [0.2, 0.25) is 5.15 Å². The molecule has 0 radical (unpaired) electrons. The number of anilines is 2. The summed E-state index contributed by atoms with van der Waals surface area (Å²) in [6.07, 6.45) is 8.16. The number of nitriles is 1. The monoisotopic (exact) mass is 543 g/mol. The second-order valence-electron chi connectivity index (χ2n) is 9.90. The van der Waals surface area contributed by atoms with Crippen molar-refractivity contribution in [2.75, 3.05) is 30.9 Å². The lowest BCUT2D eigenvalue weighted by molar-refractivity contribution is 0.372. The Morgan fingerprint density at radius 1 is 1.21 bits per heavy atom. The highest BCUT2D eigenvalue weighted by molar-refractivity contribution is 6.29. The Kier molecular flexibility index (Phi) is 8.72. The zero-order valence-corrected chi connectivity index (χ0v) is 22.6. The van der Waals surface area contributed by atoms with Crippen LogP contribution in [0.3, 0.4) is 0 Å². The summed E-state index contributed by atoms with van der Waals surface area (Å²) in [7, 11) is 4.93. The fraction of sp³-hybridized carbons (Fsp3) is 0.464. The van der Waals surface area contributed by atoms with Crippen LogP contribution in [0, 0.1) is 28.9 Å². The van der Waals surface area contributed by atoms with Crippen molar-refractivity contribution in [3.8, 4) is 11.8 Å². The molecule has 0 amide bonds. The molecule has 38 heavy (non-hydrogen) atoms. The SMILES string of the molecule is CN(c1c(C#N)c(=O)n(C)c2ccc(Cl)nc12)C1CCCCC1.COc1cc(NCC2CC2)cc(F)c1F. The highest BCUT2D eigenvalue weighted by Crippen LogP contribution is 2.33. The van der Waals surface area contributed by atoms with Crippen LogP contribution in [0.5, 0.6) is 5.75 Å². The number of halogens is 3. The van der Waals surface area contributed by atoms with E-state index in [1.807, 2.05) is 7.05 Å². The highest BCUT2D eigenvalue weighted by Gasteiger charge is 2.26.